The van der Waals surface area contributed by atoms with E-state index >= 15 is 0 Å². The normalized spacial score (nSPS) is 19.1. The average Bonchev–Trinajstić information content (AvgIpc) is 2.73. The molecule has 0 aromatic heterocycles. The Morgan fingerprint density at radius 3 is 2.91 bits per heavy atom. The topological polar surface area (TPSA) is 120 Å². The molecule has 1 heterocycles. The van der Waals surface area contributed by atoms with E-state index in [0.717, 1.165) is 28.6 Å². The van der Waals surface area contributed by atoms with Gasteiger partial charge in [-0.05, 0) is 31.0 Å². The van der Waals surface area contributed by atoms with Crippen molar-refractivity contribution in [2.45, 2.75) is 25.5 Å². The molecule has 0 spiro atoms. The molecule has 1 unspecified atom stereocenters. The van der Waals surface area contributed by atoms with Crippen LogP contribution in [0.25, 0.3) is 0 Å². The molecule has 0 aliphatic carbocycles. The molecule has 1 atom stereocenters. The zero-order chi connectivity index (χ0) is 16.3. The van der Waals surface area contributed by atoms with Gasteiger partial charge >= 0.3 is 0 Å². The molecule has 2 amide bonds. The van der Waals surface area contributed by atoms with Crippen molar-refractivity contribution < 1.29 is 9.59 Å². The summed E-state index contributed by atoms with van der Waals surface area (Å²) in [6.45, 7) is 3.85. The Morgan fingerprint density at radius 1 is 1.50 bits per heavy atom. The van der Waals surface area contributed by atoms with Gasteiger partial charge in [0.25, 0.3) is 0 Å². The molecule has 22 heavy (non-hydrogen) atoms. The smallest absolute Gasteiger partial charge is 0.240 e. The monoisotopic (exact) mass is 319 g/mol. The molecule has 8 heteroatoms. The Balaban J connectivity index is 1.99. The van der Waals surface area contributed by atoms with Crippen molar-refractivity contribution in [2.24, 2.45) is 10.7 Å². The quantitative estimate of drug-likeness (QED) is 0.492. The minimum Gasteiger partial charge on any atom is -0.368 e. The van der Waals surface area contributed by atoms with Gasteiger partial charge in [-0.3, -0.25) is 15.0 Å². The minimum absolute atomic E-state index is 0.0286. The summed E-state index contributed by atoms with van der Waals surface area (Å²) in [5, 5.41) is 12.1. The standard InChI is InChI=1S/C14H17N5O2S/c1-7-3-4-8(2)9(5-7)17-11(20)6-10-12(21)18-14(22-10)19-13(15)16/h3-5,10H,6H2,1-2H3,(H,17,20)(H4,15,16,18,19,21). The number of amidine groups is 1. The number of thioether (sulfide) groups is 1. The second kappa shape index (κ2) is 6.61. The number of amides is 2. The molecule has 1 aliphatic rings. The second-order valence-electron chi connectivity index (χ2n) is 4.97. The number of rotatable bonds is 3. The largest absolute Gasteiger partial charge is 0.368 e. The average molecular weight is 319 g/mol. The summed E-state index contributed by atoms with van der Waals surface area (Å²) in [5.41, 5.74) is 7.90. The van der Waals surface area contributed by atoms with E-state index in [1.54, 1.807) is 0 Å². The molecule has 0 radical (unpaired) electrons. The van der Waals surface area contributed by atoms with Gasteiger partial charge < -0.3 is 16.4 Å². The first-order valence-electron chi connectivity index (χ1n) is 6.62. The highest BCUT2D eigenvalue weighted by atomic mass is 32.2. The molecule has 7 nitrogen and oxygen atoms in total. The van der Waals surface area contributed by atoms with E-state index in [4.69, 9.17) is 11.1 Å². The van der Waals surface area contributed by atoms with E-state index in [2.05, 4.69) is 15.6 Å². The van der Waals surface area contributed by atoms with Crippen LogP contribution in [0.5, 0.6) is 0 Å². The van der Waals surface area contributed by atoms with E-state index in [9.17, 15) is 9.59 Å². The number of carbonyl (C=O) groups is 2. The summed E-state index contributed by atoms with van der Waals surface area (Å²) in [5.74, 6) is -0.935. The van der Waals surface area contributed by atoms with Crippen LogP contribution in [0.1, 0.15) is 17.5 Å². The van der Waals surface area contributed by atoms with Crippen molar-refractivity contribution in [3.63, 3.8) is 0 Å². The Bertz CT molecular complexity index is 671. The predicted octanol–water partition coefficient (Wildman–Crippen LogP) is 1.11. The third kappa shape index (κ3) is 4.08. The van der Waals surface area contributed by atoms with Crippen LogP contribution in [0.4, 0.5) is 5.69 Å². The Labute approximate surface area is 132 Å². The van der Waals surface area contributed by atoms with Crippen LogP contribution >= 0.6 is 11.8 Å². The minimum atomic E-state index is -0.566. The molecule has 2 rings (SSSR count). The van der Waals surface area contributed by atoms with E-state index in [-0.39, 0.29) is 29.4 Å². The van der Waals surface area contributed by atoms with Gasteiger partial charge in [-0.25, -0.2) is 0 Å². The first kappa shape index (κ1) is 16.0. The summed E-state index contributed by atoms with van der Waals surface area (Å²) in [6, 6.07) is 5.78. The second-order valence-corrected chi connectivity index (χ2v) is 6.16. The number of aryl methyl sites for hydroxylation is 2. The van der Waals surface area contributed by atoms with Gasteiger partial charge in [0, 0.05) is 12.1 Å². The van der Waals surface area contributed by atoms with Crippen molar-refractivity contribution in [3.05, 3.63) is 29.3 Å². The van der Waals surface area contributed by atoms with E-state index in [0.29, 0.717) is 0 Å². The number of aliphatic imine (C=N–C) groups is 1. The maximum absolute atomic E-state index is 12.1. The summed E-state index contributed by atoms with van der Waals surface area (Å²) in [6.07, 6.45) is 0.0286. The highest BCUT2D eigenvalue weighted by Gasteiger charge is 2.32. The van der Waals surface area contributed by atoms with Gasteiger partial charge in [0.1, 0.15) is 5.25 Å². The first-order valence-corrected chi connectivity index (χ1v) is 7.50. The summed E-state index contributed by atoms with van der Waals surface area (Å²) in [4.78, 5) is 27.5. The van der Waals surface area contributed by atoms with Gasteiger partial charge in [-0.1, -0.05) is 23.9 Å². The number of anilines is 1. The van der Waals surface area contributed by atoms with E-state index in [1.807, 2.05) is 32.0 Å². The highest BCUT2D eigenvalue weighted by Crippen LogP contribution is 2.23. The third-order valence-electron chi connectivity index (χ3n) is 3.04. The zero-order valence-corrected chi connectivity index (χ0v) is 13.1. The summed E-state index contributed by atoms with van der Waals surface area (Å²) in [7, 11) is 0. The van der Waals surface area contributed by atoms with Crippen LogP contribution in [0.2, 0.25) is 0 Å². The fourth-order valence-corrected chi connectivity index (χ4v) is 2.92. The highest BCUT2D eigenvalue weighted by molar-refractivity contribution is 8.15. The van der Waals surface area contributed by atoms with Crippen molar-refractivity contribution in [3.8, 4) is 0 Å². The molecule has 1 aliphatic heterocycles. The Hall–Kier alpha value is -2.35. The van der Waals surface area contributed by atoms with Crippen LogP contribution in [-0.2, 0) is 9.59 Å². The number of nitrogens with two attached hydrogens (primary N) is 1. The lowest BCUT2D eigenvalue weighted by atomic mass is 10.1. The molecule has 1 aromatic rings. The maximum atomic E-state index is 12.1. The van der Waals surface area contributed by atoms with Crippen molar-refractivity contribution in [2.75, 3.05) is 5.32 Å². The molecular weight excluding hydrogens is 302 g/mol. The third-order valence-corrected chi connectivity index (χ3v) is 4.12. The van der Waals surface area contributed by atoms with E-state index < -0.39 is 5.25 Å². The lowest BCUT2D eigenvalue weighted by Crippen LogP contribution is -2.28. The molecule has 1 saturated heterocycles. The van der Waals surface area contributed by atoms with Crippen LogP contribution in [-0.4, -0.2) is 28.2 Å². The van der Waals surface area contributed by atoms with Crippen molar-refractivity contribution in [1.29, 1.82) is 5.41 Å². The predicted molar refractivity (Wildman–Crippen MR) is 88.0 cm³/mol. The van der Waals surface area contributed by atoms with Gasteiger partial charge in [0.2, 0.25) is 17.8 Å². The Morgan fingerprint density at radius 2 is 2.23 bits per heavy atom. The number of hydrogen-bond donors (Lipinski definition) is 4. The molecule has 116 valence electrons. The van der Waals surface area contributed by atoms with Gasteiger partial charge in [-0.15, -0.1) is 0 Å². The van der Waals surface area contributed by atoms with Crippen LogP contribution < -0.4 is 16.4 Å². The SMILES string of the molecule is Cc1ccc(C)c(NC(=O)CC2SC(=NC(=N)N)NC2=O)c1. The molecule has 5 N–H and O–H groups in total. The number of nitrogens with one attached hydrogen (secondary N) is 3. The fourth-order valence-electron chi connectivity index (χ4n) is 1.94. The van der Waals surface area contributed by atoms with Crippen LogP contribution in [0, 0.1) is 19.3 Å². The molecule has 1 aromatic carbocycles. The molecule has 0 saturated carbocycles. The number of guanidine groups is 1. The lowest BCUT2D eigenvalue weighted by Gasteiger charge is -2.10. The summed E-state index contributed by atoms with van der Waals surface area (Å²) >= 11 is 1.10. The van der Waals surface area contributed by atoms with Crippen molar-refractivity contribution in [1.82, 2.24) is 5.32 Å². The molecular formula is C14H17N5O2S. The first-order chi connectivity index (χ1) is 10.3. The molecule has 1 fully saturated rings. The van der Waals surface area contributed by atoms with E-state index in [1.165, 1.54) is 0 Å². The number of benzene rings is 1. The van der Waals surface area contributed by atoms with Gasteiger partial charge in [-0.2, -0.15) is 4.99 Å². The van der Waals surface area contributed by atoms with Gasteiger partial charge in [0.15, 0.2) is 5.17 Å². The zero-order valence-electron chi connectivity index (χ0n) is 12.3. The maximum Gasteiger partial charge on any atom is 0.240 e. The fraction of sp³-hybridized carbons (Fsp3) is 0.286. The van der Waals surface area contributed by atoms with Gasteiger partial charge in [0.05, 0.1) is 0 Å². The number of hydrogen-bond acceptors (Lipinski definition) is 4. The molecule has 0 bridgehead atoms. The van der Waals surface area contributed by atoms with Crippen LogP contribution in [0.3, 0.4) is 0 Å². The Kier molecular flexibility index (Phi) is 4.81. The lowest BCUT2D eigenvalue weighted by molar-refractivity contribution is -0.122. The number of carbonyl (C=O) groups excluding carboxylic acids is 2. The van der Waals surface area contributed by atoms with Crippen molar-refractivity contribution >= 4 is 40.4 Å². The summed E-state index contributed by atoms with van der Waals surface area (Å²) < 4.78 is 0. The number of nitrogens with zero attached hydrogens (tertiary/aromatic N) is 1. The van der Waals surface area contributed by atoms with Crippen LogP contribution in [0.15, 0.2) is 23.2 Å².